The Morgan fingerprint density at radius 1 is 1.43 bits per heavy atom. The van der Waals surface area contributed by atoms with Crippen LogP contribution in [0.1, 0.15) is 17.5 Å². The fourth-order valence-electron chi connectivity index (χ4n) is 2.56. The van der Waals surface area contributed by atoms with Gasteiger partial charge in [-0.2, -0.15) is 0 Å². The summed E-state index contributed by atoms with van der Waals surface area (Å²) in [7, 11) is 1.54. The fourth-order valence-corrected chi connectivity index (χ4v) is 2.56. The molecule has 1 amide bonds. The number of aliphatic carboxylic acids is 1. The maximum Gasteiger partial charge on any atom is 0.326 e. The maximum absolute atomic E-state index is 12.4. The lowest BCUT2D eigenvalue weighted by Gasteiger charge is -2.35. The van der Waals surface area contributed by atoms with Crippen LogP contribution in [0.25, 0.3) is 0 Å². The van der Waals surface area contributed by atoms with Crippen LogP contribution in [0.4, 0.5) is 0 Å². The number of methoxy groups -OCH3 is 1. The highest BCUT2D eigenvalue weighted by Crippen LogP contribution is 2.24. The molecule has 2 atom stereocenters. The molecule has 0 fully saturated rings. The molecule has 1 aromatic carbocycles. The number of amides is 1. The lowest BCUT2D eigenvalue weighted by Crippen LogP contribution is -2.54. The van der Waals surface area contributed by atoms with E-state index in [1.807, 2.05) is 24.3 Å². The number of benzene rings is 1. The molecule has 0 saturated carbocycles. The van der Waals surface area contributed by atoms with Gasteiger partial charge in [-0.15, -0.1) is 0 Å². The monoisotopic (exact) mass is 292 g/mol. The fraction of sp³-hybridized carbons (Fsp3) is 0.467. The van der Waals surface area contributed by atoms with E-state index in [-0.39, 0.29) is 12.5 Å². The van der Waals surface area contributed by atoms with Gasteiger partial charge in [0, 0.05) is 26.7 Å². The zero-order valence-corrected chi connectivity index (χ0v) is 12.0. The molecule has 0 saturated heterocycles. The number of carbonyl (C=O) groups excluding carboxylic acids is 1. The summed E-state index contributed by atoms with van der Waals surface area (Å²) in [5.41, 5.74) is 7.80. The summed E-state index contributed by atoms with van der Waals surface area (Å²) >= 11 is 0. The van der Waals surface area contributed by atoms with Crippen molar-refractivity contribution in [3.63, 3.8) is 0 Å². The second-order valence-corrected chi connectivity index (χ2v) is 5.18. The standard InChI is InChI=1S/C15H20N2O4/c1-21-7-6-12(16)14(18)17-9-11-5-3-2-4-10(11)8-13(17)15(19)20/h2-5,12-13H,6-9,16H2,1H3,(H,19,20)/t12?,13-/m0/s1. The molecule has 114 valence electrons. The molecule has 6 heteroatoms. The van der Waals surface area contributed by atoms with Crippen LogP contribution in [-0.4, -0.2) is 47.7 Å². The van der Waals surface area contributed by atoms with E-state index in [2.05, 4.69) is 0 Å². The van der Waals surface area contributed by atoms with Crippen molar-refractivity contribution in [2.24, 2.45) is 5.73 Å². The number of nitrogens with zero attached hydrogens (tertiary/aromatic N) is 1. The Bertz CT molecular complexity index is 532. The third-order valence-electron chi connectivity index (χ3n) is 3.77. The van der Waals surface area contributed by atoms with Gasteiger partial charge < -0.3 is 20.5 Å². The number of carboxylic acids is 1. The van der Waals surface area contributed by atoms with E-state index < -0.39 is 18.1 Å². The topological polar surface area (TPSA) is 92.9 Å². The zero-order chi connectivity index (χ0) is 15.4. The third-order valence-corrected chi connectivity index (χ3v) is 3.77. The van der Waals surface area contributed by atoms with Crippen molar-refractivity contribution in [2.45, 2.75) is 31.5 Å². The van der Waals surface area contributed by atoms with Crippen LogP contribution < -0.4 is 5.73 Å². The second-order valence-electron chi connectivity index (χ2n) is 5.18. The first-order valence-corrected chi connectivity index (χ1v) is 6.89. The predicted molar refractivity (Wildman–Crippen MR) is 76.6 cm³/mol. The first-order chi connectivity index (χ1) is 10.0. The Kier molecular flexibility index (Phi) is 4.93. The van der Waals surface area contributed by atoms with Crippen LogP contribution in [0.15, 0.2) is 24.3 Å². The van der Waals surface area contributed by atoms with E-state index in [1.54, 1.807) is 0 Å². The number of fused-ring (bicyclic) bond motifs is 1. The molecule has 1 unspecified atom stereocenters. The smallest absolute Gasteiger partial charge is 0.326 e. The molecule has 1 heterocycles. The van der Waals surface area contributed by atoms with Crippen molar-refractivity contribution >= 4 is 11.9 Å². The lowest BCUT2D eigenvalue weighted by atomic mass is 9.93. The van der Waals surface area contributed by atoms with Crippen molar-refractivity contribution in [1.29, 1.82) is 0 Å². The van der Waals surface area contributed by atoms with Gasteiger partial charge in [-0.1, -0.05) is 24.3 Å². The minimum absolute atomic E-state index is 0.284. The van der Waals surface area contributed by atoms with Crippen LogP contribution in [0.2, 0.25) is 0 Å². The van der Waals surface area contributed by atoms with E-state index in [9.17, 15) is 14.7 Å². The summed E-state index contributed by atoms with van der Waals surface area (Å²) < 4.78 is 4.91. The van der Waals surface area contributed by atoms with Crippen LogP contribution in [0.5, 0.6) is 0 Å². The van der Waals surface area contributed by atoms with Gasteiger partial charge in [0.2, 0.25) is 5.91 Å². The Balaban J connectivity index is 2.20. The maximum atomic E-state index is 12.4. The average Bonchev–Trinajstić information content (AvgIpc) is 2.50. The van der Waals surface area contributed by atoms with Gasteiger partial charge in [0.05, 0.1) is 6.04 Å². The molecule has 3 N–H and O–H groups in total. The number of hydrogen-bond acceptors (Lipinski definition) is 4. The van der Waals surface area contributed by atoms with Crippen LogP contribution >= 0.6 is 0 Å². The molecule has 0 radical (unpaired) electrons. The van der Waals surface area contributed by atoms with Crippen molar-refractivity contribution in [3.8, 4) is 0 Å². The number of carbonyl (C=O) groups is 2. The third kappa shape index (κ3) is 3.40. The Labute approximate surface area is 123 Å². The Hall–Kier alpha value is -1.92. The lowest BCUT2D eigenvalue weighted by molar-refractivity contribution is -0.152. The second kappa shape index (κ2) is 6.69. The number of ether oxygens (including phenoxy) is 1. The van der Waals surface area contributed by atoms with Crippen molar-refractivity contribution in [1.82, 2.24) is 4.90 Å². The molecule has 6 nitrogen and oxygen atoms in total. The highest BCUT2D eigenvalue weighted by molar-refractivity contribution is 5.87. The summed E-state index contributed by atoms with van der Waals surface area (Å²) in [6.07, 6.45) is 0.689. The summed E-state index contributed by atoms with van der Waals surface area (Å²) in [5.74, 6) is -1.34. The van der Waals surface area contributed by atoms with Gasteiger partial charge in [0.1, 0.15) is 6.04 Å². The molecule has 1 aromatic rings. The summed E-state index contributed by atoms with van der Waals surface area (Å²) in [6, 6.07) is 5.97. The van der Waals surface area contributed by atoms with Gasteiger partial charge >= 0.3 is 5.97 Å². The molecular formula is C15H20N2O4. The first-order valence-electron chi connectivity index (χ1n) is 6.89. The van der Waals surface area contributed by atoms with Crippen molar-refractivity contribution < 1.29 is 19.4 Å². The molecule has 21 heavy (non-hydrogen) atoms. The van der Waals surface area contributed by atoms with Gasteiger partial charge in [-0.05, 0) is 17.5 Å². The minimum Gasteiger partial charge on any atom is -0.480 e. The summed E-state index contributed by atoms with van der Waals surface area (Å²) in [4.78, 5) is 25.2. The Morgan fingerprint density at radius 2 is 2.10 bits per heavy atom. The molecule has 0 spiro atoms. The molecule has 2 rings (SSSR count). The molecule has 0 bridgehead atoms. The molecule has 1 aliphatic rings. The highest BCUT2D eigenvalue weighted by atomic mass is 16.5. The van der Waals surface area contributed by atoms with E-state index >= 15 is 0 Å². The van der Waals surface area contributed by atoms with E-state index in [0.717, 1.165) is 11.1 Å². The highest BCUT2D eigenvalue weighted by Gasteiger charge is 2.36. The van der Waals surface area contributed by atoms with Crippen LogP contribution in [0, 0.1) is 0 Å². The van der Waals surface area contributed by atoms with E-state index in [4.69, 9.17) is 10.5 Å². The van der Waals surface area contributed by atoms with E-state index in [0.29, 0.717) is 19.4 Å². The average molecular weight is 292 g/mol. The summed E-state index contributed by atoms with van der Waals surface area (Å²) in [5, 5.41) is 9.38. The van der Waals surface area contributed by atoms with Crippen LogP contribution in [0.3, 0.4) is 0 Å². The normalized spacial score (nSPS) is 19.0. The largest absolute Gasteiger partial charge is 0.480 e. The predicted octanol–water partition coefficient (Wildman–Crippen LogP) is 0.388. The molecule has 0 aromatic heterocycles. The quantitative estimate of drug-likeness (QED) is 0.819. The van der Waals surface area contributed by atoms with Crippen LogP contribution in [-0.2, 0) is 27.3 Å². The number of rotatable bonds is 5. The van der Waals surface area contributed by atoms with Gasteiger partial charge in [-0.3, -0.25) is 4.79 Å². The summed E-state index contributed by atoms with van der Waals surface area (Å²) in [6.45, 7) is 0.654. The number of nitrogens with two attached hydrogens (primary N) is 1. The van der Waals surface area contributed by atoms with Crippen molar-refractivity contribution in [3.05, 3.63) is 35.4 Å². The van der Waals surface area contributed by atoms with Gasteiger partial charge in [-0.25, -0.2) is 4.79 Å². The SMILES string of the molecule is COCCC(N)C(=O)N1Cc2ccccc2C[C@H]1C(=O)O. The molecule has 0 aliphatic carbocycles. The molecular weight excluding hydrogens is 272 g/mol. The van der Waals surface area contributed by atoms with E-state index in [1.165, 1.54) is 12.0 Å². The van der Waals surface area contributed by atoms with Gasteiger partial charge in [0.25, 0.3) is 0 Å². The number of hydrogen-bond donors (Lipinski definition) is 2. The number of carboxylic acid groups (broad SMARTS) is 1. The molecule has 1 aliphatic heterocycles. The van der Waals surface area contributed by atoms with Gasteiger partial charge in [0.15, 0.2) is 0 Å². The Morgan fingerprint density at radius 3 is 2.71 bits per heavy atom. The van der Waals surface area contributed by atoms with Crippen molar-refractivity contribution in [2.75, 3.05) is 13.7 Å². The zero-order valence-electron chi connectivity index (χ0n) is 12.0. The minimum atomic E-state index is -1.00. The first kappa shape index (κ1) is 15.5.